The van der Waals surface area contributed by atoms with Crippen LogP contribution in [0.25, 0.3) is 0 Å². The van der Waals surface area contributed by atoms with Gasteiger partial charge in [-0.05, 0) is 30.7 Å². The summed E-state index contributed by atoms with van der Waals surface area (Å²) in [6.07, 6.45) is 1.93. The van der Waals surface area contributed by atoms with Crippen LogP contribution >= 0.6 is 11.6 Å². The molecule has 0 saturated carbocycles. The van der Waals surface area contributed by atoms with Crippen LogP contribution in [0.3, 0.4) is 0 Å². The van der Waals surface area contributed by atoms with E-state index < -0.39 is 0 Å². The lowest BCUT2D eigenvalue weighted by atomic mass is 9.96. The molecule has 3 heterocycles. The van der Waals surface area contributed by atoms with Crippen LogP contribution < -0.4 is 10.2 Å². The van der Waals surface area contributed by atoms with E-state index in [-0.39, 0.29) is 17.9 Å². The molecule has 1 amide bonds. The molecule has 0 aliphatic carbocycles. The van der Waals surface area contributed by atoms with E-state index >= 15 is 0 Å². The van der Waals surface area contributed by atoms with E-state index in [1.807, 2.05) is 35.4 Å². The number of amides is 1. The summed E-state index contributed by atoms with van der Waals surface area (Å²) in [6, 6.07) is 10.0. The Morgan fingerprint density at radius 1 is 1.19 bits per heavy atom. The lowest BCUT2D eigenvalue weighted by Gasteiger charge is -2.38. The van der Waals surface area contributed by atoms with E-state index in [1.54, 1.807) is 0 Å². The molecule has 7 heteroatoms. The molecular formula is C24H31ClN4O2. The van der Waals surface area contributed by atoms with Crippen LogP contribution in [0.4, 0.5) is 5.69 Å². The third kappa shape index (κ3) is 4.86. The number of nitrogens with one attached hydrogen (secondary N) is 1. The van der Waals surface area contributed by atoms with Crippen LogP contribution in [-0.2, 0) is 16.1 Å². The second kappa shape index (κ2) is 9.55. The highest BCUT2D eigenvalue weighted by Gasteiger charge is 2.31. The molecule has 2 aliphatic rings. The standard InChI is InChI=1S/C24H31ClN4O2/c1-16(2)27-14-20(18-4-6-19(25)7-5-18)24(30)29-12-10-28(11-13-29)22-8-9-26-21-15-31-17(3)23(21)22/h4-9,16-17,20,27H,10-15H2,1-3H3/t17-,20?/m1/s1. The van der Waals surface area contributed by atoms with Gasteiger partial charge < -0.3 is 19.9 Å². The minimum atomic E-state index is -0.218. The van der Waals surface area contributed by atoms with Gasteiger partial charge in [-0.2, -0.15) is 0 Å². The molecule has 2 atom stereocenters. The van der Waals surface area contributed by atoms with Crippen molar-refractivity contribution in [3.63, 3.8) is 0 Å². The molecule has 31 heavy (non-hydrogen) atoms. The van der Waals surface area contributed by atoms with Gasteiger partial charge in [0, 0.05) is 61.2 Å². The zero-order valence-electron chi connectivity index (χ0n) is 18.5. The predicted octanol–water partition coefficient (Wildman–Crippen LogP) is 3.76. The van der Waals surface area contributed by atoms with Crippen molar-refractivity contribution in [2.45, 2.75) is 45.4 Å². The van der Waals surface area contributed by atoms with Gasteiger partial charge in [0.2, 0.25) is 5.91 Å². The average molecular weight is 443 g/mol. The molecule has 2 aliphatic heterocycles. The molecule has 1 unspecified atom stereocenters. The van der Waals surface area contributed by atoms with Gasteiger partial charge in [0.15, 0.2) is 0 Å². The van der Waals surface area contributed by atoms with Crippen molar-refractivity contribution in [3.05, 3.63) is 58.4 Å². The molecule has 0 radical (unpaired) electrons. The van der Waals surface area contributed by atoms with Gasteiger partial charge in [-0.15, -0.1) is 0 Å². The fourth-order valence-electron chi connectivity index (χ4n) is 4.41. The number of carbonyl (C=O) groups is 1. The number of nitrogens with zero attached hydrogens (tertiary/aromatic N) is 3. The van der Waals surface area contributed by atoms with Crippen molar-refractivity contribution in [1.29, 1.82) is 0 Å². The summed E-state index contributed by atoms with van der Waals surface area (Å²) < 4.78 is 5.78. The number of anilines is 1. The molecule has 0 bridgehead atoms. The van der Waals surface area contributed by atoms with Gasteiger partial charge in [0.1, 0.15) is 0 Å². The van der Waals surface area contributed by atoms with Crippen molar-refractivity contribution >= 4 is 23.2 Å². The van der Waals surface area contributed by atoms with Crippen LogP contribution in [0, 0.1) is 0 Å². The highest BCUT2D eigenvalue weighted by atomic mass is 35.5. The summed E-state index contributed by atoms with van der Waals surface area (Å²) in [4.78, 5) is 22.3. The topological polar surface area (TPSA) is 57.7 Å². The maximum atomic E-state index is 13.5. The average Bonchev–Trinajstić information content (AvgIpc) is 3.16. The molecule has 6 nitrogen and oxygen atoms in total. The number of rotatable bonds is 6. The van der Waals surface area contributed by atoms with E-state index in [4.69, 9.17) is 16.3 Å². The van der Waals surface area contributed by atoms with E-state index in [0.717, 1.165) is 24.3 Å². The summed E-state index contributed by atoms with van der Waals surface area (Å²) in [6.45, 7) is 10.5. The van der Waals surface area contributed by atoms with Gasteiger partial charge >= 0.3 is 0 Å². The number of benzene rings is 1. The Balaban J connectivity index is 1.46. The number of hydrogen-bond acceptors (Lipinski definition) is 5. The van der Waals surface area contributed by atoms with Gasteiger partial charge in [-0.3, -0.25) is 9.78 Å². The predicted molar refractivity (Wildman–Crippen MR) is 124 cm³/mol. The third-order valence-corrected chi connectivity index (χ3v) is 6.41. The Morgan fingerprint density at radius 2 is 1.90 bits per heavy atom. The first kappa shape index (κ1) is 22.1. The zero-order valence-corrected chi connectivity index (χ0v) is 19.2. The fraction of sp³-hybridized carbons (Fsp3) is 0.500. The first-order valence-corrected chi connectivity index (χ1v) is 11.4. The smallest absolute Gasteiger partial charge is 0.231 e. The summed E-state index contributed by atoms with van der Waals surface area (Å²) in [5.74, 6) is -0.0448. The van der Waals surface area contributed by atoms with Gasteiger partial charge in [-0.1, -0.05) is 37.6 Å². The van der Waals surface area contributed by atoms with Gasteiger partial charge in [0.25, 0.3) is 0 Å². The summed E-state index contributed by atoms with van der Waals surface area (Å²) >= 11 is 6.07. The Labute approximate surface area is 189 Å². The minimum absolute atomic E-state index is 0.0646. The number of carbonyl (C=O) groups excluding carboxylic acids is 1. The maximum Gasteiger partial charge on any atom is 0.231 e. The maximum absolute atomic E-state index is 13.5. The normalized spacial score (nSPS) is 19.6. The number of ether oxygens (including phenoxy) is 1. The lowest BCUT2D eigenvalue weighted by Crippen LogP contribution is -2.51. The van der Waals surface area contributed by atoms with Crippen LogP contribution in [0.5, 0.6) is 0 Å². The van der Waals surface area contributed by atoms with Crippen LogP contribution in [0.2, 0.25) is 5.02 Å². The lowest BCUT2D eigenvalue weighted by molar-refractivity contribution is -0.133. The number of fused-ring (bicyclic) bond motifs is 1. The number of piperazine rings is 1. The largest absolute Gasteiger partial charge is 0.368 e. The van der Waals surface area contributed by atoms with Gasteiger partial charge in [-0.25, -0.2) is 0 Å². The van der Waals surface area contributed by atoms with Crippen molar-refractivity contribution in [3.8, 4) is 0 Å². The van der Waals surface area contributed by atoms with E-state index in [2.05, 4.69) is 42.0 Å². The molecule has 4 rings (SSSR count). The van der Waals surface area contributed by atoms with Crippen LogP contribution in [0.15, 0.2) is 36.5 Å². The molecule has 0 spiro atoms. The number of halogens is 1. The van der Waals surface area contributed by atoms with Crippen molar-refractivity contribution in [1.82, 2.24) is 15.2 Å². The highest BCUT2D eigenvalue weighted by molar-refractivity contribution is 6.30. The van der Waals surface area contributed by atoms with Crippen molar-refractivity contribution in [2.24, 2.45) is 0 Å². The van der Waals surface area contributed by atoms with Crippen molar-refractivity contribution in [2.75, 3.05) is 37.6 Å². The monoisotopic (exact) mass is 442 g/mol. The number of pyridine rings is 1. The zero-order chi connectivity index (χ0) is 22.0. The van der Waals surface area contributed by atoms with E-state index in [1.165, 1.54) is 11.3 Å². The Hall–Kier alpha value is -2.15. The summed E-state index contributed by atoms with van der Waals surface area (Å²) in [5.41, 5.74) is 4.43. The second-order valence-corrected chi connectivity index (χ2v) is 9.06. The number of aromatic nitrogens is 1. The Bertz CT molecular complexity index is 910. The van der Waals surface area contributed by atoms with E-state index in [0.29, 0.717) is 37.3 Å². The molecule has 1 fully saturated rings. The molecular weight excluding hydrogens is 412 g/mol. The second-order valence-electron chi connectivity index (χ2n) is 8.62. The summed E-state index contributed by atoms with van der Waals surface area (Å²) in [5, 5.41) is 4.12. The molecule has 2 aromatic rings. The first-order chi connectivity index (χ1) is 14.9. The molecule has 1 saturated heterocycles. The van der Waals surface area contributed by atoms with E-state index in [9.17, 15) is 4.79 Å². The Kier molecular flexibility index (Phi) is 6.80. The van der Waals surface area contributed by atoms with Crippen molar-refractivity contribution < 1.29 is 9.53 Å². The summed E-state index contributed by atoms with van der Waals surface area (Å²) in [7, 11) is 0. The van der Waals surface area contributed by atoms with Crippen LogP contribution in [0.1, 0.15) is 49.6 Å². The molecule has 1 N–H and O–H groups in total. The molecule has 1 aromatic heterocycles. The fourth-order valence-corrected chi connectivity index (χ4v) is 4.54. The SMILES string of the molecule is CC(C)NCC(C(=O)N1CCN(c2ccnc3c2[C@@H](C)OC3)CC1)c1ccc(Cl)cc1. The van der Waals surface area contributed by atoms with Gasteiger partial charge in [0.05, 0.1) is 24.3 Å². The third-order valence-electron chi connectivity index (χ3n) is 6.16. The molecule has 1 aromatic carbocycles. The Morgan fingerprint density at radius 3 is 2.58 bits per heavy atom. The first-order valence-electron chi connectivity index (χ1n) is 11.1. The molecule has 166 valence electrons. The highest BCUT2D eigenvalue weighted by Crippen LogP contribution is 2.36. The quantitative estimate of drug-likeness (QED) is 0.738. The minimum Gasteiger partial charge on any atom is -0.368 e. The van der Waals surface area contributed by atoms with Crippen LogP contribution in [-0.4, -0.2) is 54.6 Å². The number of hydrogen-bond donors (Lipinski definition) is 1.